The molecule has 3 aromatic carbocycles. The Balaban J connectivity index is 1.58. The van der Waals surface area contributed by atoms with Crippen molar-refractivity contribution in [2.45, 2.75) is 0 Å². The molecule has 0 saturated heterocycles. The molecule has 0 atom stereocenters. The first-order valence-electron chi connectivity index (χ1n) is 9.55. The molecule has 0 radical (unpaired) electrons. The van der Waals surface area contributed by atoms with Gasteiger partial charge in [-0.2, -0.15) is 5.10 Å². The van der Waals surface area contributed by atoms with Gasteiger partial charge in [0.25, 0.3) is 5.91 Å². The topological polar surface area (TPSA) is 99.7 Å². The molecule has 0 aliphatic carbocycles. The van der Waals surface area contributed by atoms with Crippen LogP contribution in [0.5, 0.6) is 0 Å². The van der Waals surface area contributed by atoms with Gasteiger partial charge in [0.05, 0.1) is 11.3 Å². The molecule has 0 spiro atoms. The fraction of sp³-hybridized carbons (Fsp3) is 0. The van der Waals surface area contributed by atoms with Crippen LogP contribution in [0.3, 0.4) is 0 Å². The molecule has 32 heavy (non-hydrogen) atoms. The van der Waals surface area contributed by atoms with Crippen LogP contribution in [-0.2, 0) is 9.59 Å². The number of rotatable bonds is 6. The molecule has 3 aromatic rings. The Kier molecular flexibility index (Phi) is 8.05. The van der Waals surface area contributed by atoms with Crippen molar-refractivity contribution in [1.29, 1.82) is 0 Å². The molecule has 0 saturated carbocycles. The zero-order valence-corrected chi connectivity index (χ0v) is 18.4. The molecule has 7 nitrogen and oxygen atoms in total. The lowest BCUT2D eigenvalue weighted by atomic mass is 10.1. The maximum absolute atomic E-state index is 12.6. The summed E-state index contributed by atoms with van der Waals surface area (Å²) in [7, 11) is 0. The lowest BCUT2D eigenvalue weighted by Gasteiger charge is -2.11. The molecular weight excluding hydrogens is 472 g/mol. The van der Waals surface area contributed by atoms with E-state index >= 15 is 0 Å². The number of hydrazone groups is 1. The van der Waals surface area contributed by atoms with Gasteiger partial charge in [-0.25, -0.2) is 5.43 Å². The molecule has 0 aromatic heterocycles. The van der Waals surface area contributed by atoms with Crippen molar-refractivity contribution in [1.82, 2.24) is 5.43 Å². The van der Waals surface area contributed by atoms with E-state index in [2.05, 4.69) is 37.1 Å². The van der Waals surface area contributed by atoms with Crippen LogP contribution in [-0.4, -0.2) is 23.9 Å². The highest BCUT2D eigenvalue weighted by atomic mass is 79.9. The summed E-state index contributed by atoms with van der Waals surface area (Å²) in [6.45, 7) is 0. The number of carbonyl (C=O) groups excluding carboxylic acids is 3. The fourth-order valence-corrected chi connectivity index (χ4v) is 2.87. The maximum Gasteiger partial charge on any atom is 0.329 e. The third kappa shape index (κ3) is 6.75. The summed E-state index contributed by atoms with van der Waals surface area (Å²) < 4.78 is 0.882. The molecule has 8 heteroatoms. The zero-order valence-electron chi connectivity index (χ0n) is 16.8. The molecule has 3 rings (SSSR count). The number of benzene rings is 3. The summed E-state index contributed by atoms with van der Waals surface area (Å²) >= 11 is 3.33. The first-order valence-corrected chi connectivity index (χ1v) is 10.3. The number of anilines is 2. The van der Waals surface area contributed by atoms with Crippen molar-refractivity contribution >= 4 is 57.3 Å². The van der Waals surface area contributed by atoms with Gasteiger partial charge in [0.2, 0.25) is 0 Å². The molecule has 0 aliphatic heterocycles. The van der Waals surface area contributed by atoms with Crippen molar-refractivity contribution in [3.05, 3.63) is 101 Å². The third-order valence-electron chi connectivity index (χ3n) is 4.14. The maximum atomic E-state index is 12.6. The minimum Gasteiger partial charge on any atom is -0.322 e. The van der Waals surface area contributed by atoms with Crippen LogP contribution < -0.4 is 16.1 Å². The van der Waals surface area contributed by atoms with Gasteiger partial charge < -0.3 is 10.6 Å². The van der Waals surface area contributed by atoms with Gasteiger partial charge in [0.1, 0.15) is 0 Å². The van der Waals surface area contributed by atoms with Gasteiger partial charge in [0.15, 0.2) is 0 Å². The number of allylic oxidation sites excluding steroid dienone is 1. The number of nitrogens with one attached hydrogen (secondary N) is 3. The first kappa shape index (κ1) is 22.6. The second-order valence-corrected chi connectivity index (χ2v) is 7.37. The molecule has 160 valence electrons. The van der Waals surface area contributed by atoms with E-state index in [1.807, 2.05) is 30.3 Å². The van der Waals surface area contributed by atoms with E-state index in [0.29, 0.717) is 5.69 Å². The molecule has 3 amide bonds. The number of hydrogen-bond acceptors (Lipinski definition) is 4. The van der Waals surface area contributed by atoms with Crippen LogP contribution in [0.15, 0.2) is 94.5 Å². The Hall–Kier alpha value is -4.04. The van der Waals surface area contributed by atoms with Crippen LogP contribution in [0.2, 0.25) is 0 Å². The number of halogens is 1. The van der Waals surface area contributed by atoms with Crippen LogP contribution in [0.4, 0.5) is 11.4 Å². The number of carbonyl (C=O) groups is 3. The molecule has 3 N–H and O–H groups in total. The average molecular weight is 491 g/mol. The quantitative estimate of drug-likeness (QED) is 0.270. The first-order chi connectivity index (χ1) is 15.5. The standard InChI is InChI=1S/C24H19BrN4O3/c25-18-12-14-19(15-13-18)27-22(30)20-10-4-5-11-21(20)28-23(31)24(32)29-26-16-6-9-17-7-2-1-3-8-17/h1-16H,(H,27,30)(H,28,31)(H,29,32)/b9-6+,26-16+. The number of amides is 3. The van der Waals surface area contributed by atoms with Gasteiger partial charge in [-0.1, -0.05) is 64.5 Å². The Morgan fingerprint density at radius 1 is 0.781 bits per heavy atom. The second-order valence-electron chi connectivity index (χ2n) is 6.45. The summed E-state index contributed by atoms with van der Waals surface area (Å²) in [5.41, 5.74) is 4.13. The van der Waals surface area contributed by atoms with E-state index in [-0.39, 0.29) is 11.3 Å². The van der Waals surface area contributed by atoms with E-state index in [0.717, 1.165) is 10.0 Å². The van der Waals surface area contributed by atoms with Crippen LogP contribution in [0.1, 0.15) is 15.9 Å². The van der Waals surface area contributed by atoms with Crippen LogP contribution >= 0.6 is 15.9 Å². The molecule has 0 fully saturated rings. The van der Waals surface area contributed by atoms with Crippen molar-refractivity contribution in [2.24, 2.45) is 5.10 Å². The van der Waals surface area contributed by atoms with E-state index in [1.54, 1.807) is 54.6 Å². The average Bonchev–Trinajstić information content (AvgIpc) is 2.81. The van der Waals surface area contributed by atoms with Crippen molar-refractivity contribution in [3.63, 3.8) is 0 Å². The summed E-state index contributed by atoms with van der Waals surface area (Å²) in [5, 5.41) is 8.90. The summed E-state index contributed by atoms with van der Waals surface area (Å²) in [5.74, 6) is -2.33. The van der Waals surface area contributed by atoms with E-state index in [1.165, 1.54) is 12.3 Å². The van der Waals surface area contributed by atoms with Gasteiger partial charge in [0, 0.05) is 16.4 Å². The number of para-hydroxylation sites is 1. The molecular formula is C24H19BrN4O3. The van der Waals surface area contributed by atoms with Gasteiger partial charge >= 0.3 is 11.8 Å². The molecule has 0 bridgehead atoms. The Morgan fingerprint density at radius 2 is 1.47 bits per heavy atom. The van der Waals surface area contributed by atoms with E-state index < -0.39 is 17.7 Å². The molecule has 0 aliphatic rings. The predicted octanol–water partition coefficient (Wildman–Crippen LogP) is 4.46. The third-order valence-corrected chi connectivity index (χ3v) is 4.67. The van der Waals surface area contributed by atoms with Gasteiger partial charge in [-0.15, -0.1) is 0 Å². The van der Waals surface area contributed by atoms with Crippen molar-refractivity contribution in [2.75, 3.05) is 10.6 Å². The Morgan fingerprint density at radius 3 is 2.22 bits per heavy atom. The highest BCUT2D eigenvalue weighted by Gasteiger charge is 2.17. The summed E-state index contributed by atoms with van der Waals surface area (Å²) in [4.78, 5) is 36.9. The Bertz CT molecular complexity index is 1160. The molecule has 0 heterocycles. The predicted molar refractivity (Wildman–Crippen MR) is 129 cm³/mol. The van der Waals surface area contributed by atoms with Gasteiger partial charge in [-0.3, -0.25) is 14.4 Å². The Labute approximate surface area is 193 Å². The number of nitrogens with zero attached hydrogens (tertiary/aromatic N) is 1. The van der Waals surface area contributed by atoms with Crippen molar-refractivity contribution < 1.29 is 14.4 Å². The van der Waals surface area contributed by atoms with E-state index in [9.17, 15) is 14.4 Å². The van der Waals surface area contributed by atoms with Gasteiger partial charge in [-0.05, 0) is 48.0 Å². The highest BCUT2D eigenvalue weighted by Crippen LogP contribution is 2.19. The summed E-state index contributed by atoms with van der Waals surface area (Å²) in [6, 6.07) is 23.0. The lowest BCUT2D eigenvalue weighted by molar-refractivity contribution is -0.136. The molecule has 0 unspecified atom stereocenters. The fourth-order valence-electron chi connectivity index (χ4n) is 2.61. The monoisotopic (exact) mass is 490 g/mol. The lowest BCUT2D eigenvalue weighted by Crippen LogP contribution is -2.33. The number of hydrogen-bond donors (Lipinski definition) is 3. The zero-order chi connectivity index (χ0) is 22.8. The smallest absolute Gasteiger partial charge is 0.322 e. The normalized spacial score (nSPS) is 10.8. The second kappa shape index (κ2) is 11.4. The minimum atomic E-state index is -0.961. The SMILES string of the molecule is O=C(N/N=C/C=C/c1ccccc1)C(=O)Nc1ccccc1C(=O)Nc1ccc(Br)cc1. The summed E-state index contributed by atoms with van der Waals surface area (Å²) in [6.07, 6.45) is 4.79. The minimum absolute atomic E-state index is 0.204. The van der Waals surface area contributed by atoms with Crippen LogP contribution in [0.25, 0.3) is 6.08 Å². The van der Waals surface area contributed by atoms with E-state index in [4.69, 9.17) is 0 Å². The highest BCUT2D eigenvalue weighted by molar-refractivity contribution is 9.10. The largest absolute Gasteiger partial charge is 0.329 e. The van der Waals surface area contributed by atoms with Crippen LogP contribution in [0, 0.1) is 0 Å². The van der Waals surface area contributed by atoms with Crippen molar-refractivity contribution in [3.8, 4) is 0 Å².